The van der Waals surface area contributed by atoms with E-state index in [9.17, 15) is 9.59 Å². The molecule has 2 saturated heterocycles. The van der Waals surface area contributed by atoms with Crippen LogP contribution in [-0.2, 0) is 15.1 Å². The fourth-order valence-electron chi connectivity index (χ4n) is 6.59. The molecule has 0 radical (unpaired) electrons. The van der Waals surface area contributed by atoms with Gasteiger partial charge in [-0.25, -0.2) is 4.79 Å². The van der Waals surface area contributed by atoms with Crippen molar-refractivity contribution in [2.24, 2.45) is 5.92 Å². The molecule has 186 valence electrons. The summed E-state index contributed by atoms with van der Waals surface area (Å²) >= 11 is 0. The molecule has 2 heterocycles. The molecule has 1 aromatic rings. The van der Waals surface area contributed by atoms with Crippen LogP contribution in [0.25, 0.3) is 0 Å². The molecule has 0 atom stereocenters. The van der Waals surface area contributed by atoms with Crippen molar-refractivity contribution in [3.8, 4) is 0 Å². The molecule has 5 rings (SSSR count). The molecule has 0 unspecified atom stereocenters. The highest BCUT2D eigenvalue weighted by Crippen LogP contribution is 2.49. The summed E-state index contributed by atoms with van der Waals surface area (Å²) in [5.41, 5.74) is 1.20. The van der Waals surface area contributed by atoms with Gasteiger partial charge in [-0.3, -0.25) is 9.69 Å². The largest absolute Gasteiger partial charge is 0.378 e. The highest BCUT2D eigenvalue weighted by Gasteiger charge is 2.55. The summed E-state index contributed by atoms with van der Waals surface area (Å²) in [5.74, 6) is 0.672. The van der Waals surface area contributed by atoms with Crippen LogP contribution >= 0.6 is 0 Å². The van der Waals surface area contributed by atoms with Crippen LogP contribution in [0, 0.1) is 5.92 Å². The Labute approximate surface area is 204 Å². The van der Waals surface area contributed by atoms with Gasteiger partial charge < -0.3 is 19.4 Å². The molecular weight excluding hydrogens is 428 g/mol. The number of carbonyl (C=O) groups excluding carboxylic acids is 2. The van der Waals surface area contributed by atoms with Gasteiger partial charge in [-0.1, -0.05) is 36.8 Å². The summed E-state index contributed by atoms with van der Waals surface area (Å²) < 4.78 is 5.40. The van der Waals surface area contributed by atoms with Gasteiger partial charge in [-0.05, 0) is 64.1 Å². The monoisotopic (exact) mass is 468 g/mol. The third-order valence-electron chi connectivity index (χ3n) is 9.09. The van der Waals surface area contributed by atoms with Crippen LogP contribution in [0.2, 0.25) is 0 Å². The quantitative estimate of drug-likeness (QED) is 0.644. The van der Waals surface area contributed by atoms with E-state index < -0.39 is 0 Å². The van der Waals surface area contributed by atoms with Gasteiger partial charge in [0.1, 0.15) is 6.54 Å². The molecule has 4 fully saturated rings. The zero-order chi connectivity index (χ0) is 23.8. The first kappa shape index (κ1) is 23.6. The fourth-order valence-corrected chi connectivity index (χ4v) is 6.59. The van der Waals surface area contributed by atoms with Gasteiger partial charge in [0, 0.05) is 31.7 Å². The van der Waals surface area contributed by atoms with E-state index in [0.29, 0.717) is 38.8 Å². The van der Waals surface area contributed by atoms with E-state index in [1.165, 1.54) is 24.8 Å². The molecule has 2 aliphatic heterocycles. The van der Waals surface area contributed by atoms with Crippen LogP contribution in [0.4, 0.5) is 4.79 Å². The van der Waals surface area contributed by atoms with E-state index in [2.05, 4.69) is 54.2 Å². The number of rotatable bonds is 6. The van der Waals surface area contributed by atoms with Crippen molar-refractivity contribution < 1.29 is 14.3 Å². The van der Waals surface area contributed by atoms with Gasteiger partial charge in [0.25, 0.3) is 0 Å². The molecule has 2 aliphatic carbocycles. The molecule has 1 aromatic carbocycles. The van der Waals surface area contributed by atoms with E-state index in [0.717, 1.165) is 32.2 Å². The van der Waals surface area contributed by atoms with E-state index in [1.54, 1.807) is 0 Å². The van der Waals surface area contributed by atoms with E-state index in [4.69, 9.17) is 4.74 Å². The summed E-state index contributed by atoms with van der Waals surface area (Å²) in [4.78, 5) is 34.9. The molecule has 3 amide bonds. The summed E-state index contributed by atoms with van der Waals surface area (Å²) in [7, 11) is 4.37. The smallest absolute Gasteiger partial charge is 0.321 e. The average molecular weight is 469 g/mol. The topological polar surface area (TPSA) is 56.3 Å². The van der Waals surface area contributed by atoms with Crippen molar-refractivity contribution in [3.05, 3.63) is 35.9 Å². The van der Waals surface area contributed by atoms with Crippen LogP contribution in [-0.4, -0.2) is 97.1 Å². The van der Waals surface area contributed by atoms with E-state index in [1.807, 2.05) is 9.80 Å². The summed E-state index contributed by atoms with van der Waals surface area (Å²) in [6, 6.07) is 10.9. The minimum absolute atomic E-state index is 0.00522. The highest BCUT2D eigenvalue weighted by atomic mass is 16.5. The Morgan fingerprint density at radius 3 is 2.32 bits per heavy atom. The van der Waals surface area contributed by atoms with Crippen LogP contribution < -0.4 is 0 Å². The molecule has 4 aliphatic rings. The van der Waals surface area contributed by atoms with Gasteiger partial charge in [-0.2, -0.15) is 0 Å². The number of benzene rings is 1. The molecular formula is C27H40N4O3. The Bertz CT molecular complexity index is 871. The summed E-state index contributed by atoms with van der Waals surface area (Å²) in [5, 5.41) is 0. The maximum Gasteiger partial charge on any atom is 0.321 e. The van der Waals surface area contributed by atoms with Crippen LogP contribution in [0.1, 0.15) is 50.5 Å². The van der Waals surface area contributed by atoms with Gasteiger partial charge in [0.2, 0.25) is 5.91 Å². The number of amides is 3. The van der Waals surface area contributed by atoms with E-state index in [-0.39, 0.29) is 29.6 Å². The third-order valence-corrected chi connectivity index (χ3v) is 9.09. The lowest BCUT2D eigenvalue weighted by Crippen LogP contribution is -2.56. The number of hydrogen-bond acceptors (Lipinski definition) is 4. The predicted molar refractivity (Wildman–Crippen MR) is 131 cm³/mol. The SMILES string of the molecule is CN(C)[C@]1(c2ccccc2)CC[C@@]2(CC1)CN(CC(=O)N1CCOCC1)C(=O)N2CC1CCC1. The normalized spacial score (nSPS) is 30.3. The number of nitrogens with zero attached hydrogens (tertiary/aromatic N) is 4. The Morgan fingerprint density at radius 1 is 1.06 bits per heavy atom. The molecule has 7 nitrogen and oxygen atoms in total. The van der Waals surface area contributed by atoms with Crippen molar-refractivity contribution >= 4 is 11.9 Å². The standard InChI is InChI=1S/C27H40N4O3/c1-28(2)27(23-9-4-3-5-10-23)13-11-26(12-14-27)21-30(20-24(32)29-15-17-34-18-16-29)25(33)31(26)19-22-7-6-8-22/h3-5,9-10,22H,6-8,11-21H2,1-2H3/t26-,27-. The molecule has 1 spiro atoms. The average Bonchev–Trinajstić information content (AvgIpc) is 3.08. The van der Waals surface area contributed by atoms with Crippen molar-refractivity contribution in [1.29, 1.82) is 0 Å². The van der Waals surface area contributed by atoms with Crippen molar-refractivity contribution in [2.45, 2.75) is 56.0 Å². The second-order valence-corrected chi connectivity index (χ2v) is 11.1. The second-order valence-electron chi connectivity index (χ2n) is 11.1. The third kappa shape index (κ3) is 4.22. The highest BCUT2D eigenvalue weighted by molar-refractivity contribution is 5.86. The predicted octanol–water partition coefficient (Wildman–Crippen LogP) is 3.15. The van der Waals surface area contributed by atoms with Crippen LogP contribution in [0.15, 0.2) is 30.3 Å². The van der Waals surface area contributed by atoms with Crippen molar-refractivity contribution in [1.82, 2.24) is 19.6 Å². The van der Waals surface area contributed by atoms with Crippen molar-refractivity contribution in [3.63, 3.8) is 0 Å². The first-order valence-electron chi connectivity index (χ1n) is 13.1. The van der Waals surface area contributed by atoms with Crippen LogP contribution in [0.3, 0.4) is 0 Å². The Kier molecular flexibility index (Phi) is 6.60. The molecule has 34 heavy (non-hydrogen) atoms. The zero-order valence-electron chi connectivity index (χ0n) is 20.9. The number of ether oxygens (including phenoxy) is 1. The molecule has 0 aromatic heterocycles. The summed E-state index contributed by atoms with van der Waals surface area (Å²) in [6.45, 7) is 4.14. The Morgan fingerprint density at radius 2 is 1.74 bits per heavy atom. The second kappa shape index (κ2) is 9.50. The van der Waals surface area contributed by atoms with Gasteiger partial charge in [0.05, 0.1) is 18.8 Å². The lowest BCUT2D eigenvalue weighted by Gasteiger charge is -2.51. The number of morpholine rings is 1. The maximum atomic E-state index is 13.7. The van der Waals surface area contributed by atoms with Crippen LogP contribution in [0.5, 0.6) is 0 Å². The van der Waals surface area contributed by atoms with E-state index >= 15 is 0 Å². The number of hydrogen-bond donors (Lipinski definition) is 0. The minimum atomic E-state index is -0.160. The minimum Gasteiger partial charge on any atom is -0.378 e. The maximum absolute atomic E-state index is 13.7. The molecule has 0 N–H and O–H groups in total. The first-order valence-corrected chi connectivity index (χ1v) is 13.1. The van der Waals surface area contributed by atoms with Gasteiger partial charge in [-0.15, -0.1) is 0 Å². The lowest BCUT2D eigenvalue weighted by molar-refractivity contribution is -0.135. The van der Waals surface area contributed by atoms with Gasteiger partial charge >= 0.3 is 6.03 Å². The number of carbonyl (C=O) groups is 2. The Hall–Kier alpha value is -2.12. The molecule has 0 bridgehead atoms. The fraction of sp³-hybridized carbons (Fsp3) is 0.704. The molecule has 2 saturated carbocycles. The van der Waals surface area contributed by atoms with Crippen molar-refractivity contribution in [2.75, 3.05) is 60.0 Å². The Balaban J connectivity index is 1.35. The molecule has 7 heteroatoms. The first-order chi connectivity index (χ1) is 16.4. The van der Waals surface area contributed by atoms with Gasteiger partial charge in [0.15, 0.2) is 0 Å². The summed E-state index contributed by atoms with van der Waals surface area (Å²) in [6.07, 6.45) is 7.70. The zero-order valence-corrected chi connectivity index (χ0v) is 20.9. The number of urea groups is 1. The lowest BCUT2D eigenvalue weighted by atomic mass is 9.68.